The Balaban J connectivity index is 2.19. The Morgan fingerprint density at radius 3 is 2.55 bits per heavy atom. The van der Waals surface area contributed by atoms with Gasteiger partial charge in [-0.2, -0.15) is 0 Å². The summed E-state index contributed by atoms with van der Waals surface area (Å²) in [5.41, 5.74) is 2.13. The van der Waals surface area contributed by atoms with Crippen molar-refractivity contribution in [3.63, 3.8) is 0 Å². The van der Waals surface area contributed by atoms with Crippen LogP contribution in [0, 0.1) is 17.0 Å². The first-order chi connectivity index (χ1) is 9.63. The van der Waals surface area contributed by atoms with Crippen molar-refractivity contribution in [3.05, 3.63) is 69.3 Å². The van der Waals surface area contributed by atoms with E-state index in [9.17, 15) is 15.2 Å². The van der Waals surface area contributed by atoms with Crippen LogP contribution in [-0.4, -0.2) is 10.0 Å². The summed E-state index contributed by atoms with van der Waals surface area (Å²) in [6, 6.07) is 12.1. The molecule has 2 rings (SSSR count). The molecule has 0 saturated carbocycles. The number of aliphatic hydroxyl groups is 1. The van der Waals surface area contributed by atoms with E-state index >= 15 is 0 Å². The number of hydrogen-bond acceptors (Lipinski definition) is 4. The van der Waals surface area contributed by atoms with Gasteiger partial charge in [0.15, 0.2) is 0 Å². The smallest absolute Gasteiger partial charge is 0.272 e. The van der Waals surface area contributed by atoms with Crippen LogP contribution in [0.15, 0.2) is 42.5 Å². The SMILES string of the molecule is Cc1c(COc2ccccc2CO)cccc1[N+](=O)[O-]. The molecule has 0 fully saturated rings. The lowest BCUT2D eigenvalue weighted by molar-refractivity contribution is -0.385. The molecule has 0 atom stereocenters. The average molecular weight is 273 g/mol. The van der Waals surface area contributed by atoms with Gasteiger partial charge in [0.25, 0.3) is 5.69 Å². The quantitative estimate of drug-likeness (QED) is 0.671. The molecule has 0 aromatic heterocycles. The molecule has 20 heavy (non-hydrogen) atoms. The summed E-state index contributed by atoms with van der Waals surface area (Å²) in [6.45, 7) is 1.82. The van der Waals surface area contributed by atoms with Gasteiger partial charge in [0.05, 0.1) is 11.5 Å². The molecule has 0 bridgehead atoms. The maximum absolute atomic E-state index is 10.9. The van der Waals surface area contributed by atoms with E-state index in [0.717, 1.165) is 5.56 Å². The van der Waals surface area contributed by atoms with Crippen molar-refractivity contribution in [1.29, 1.82) is 0 Å². The van der Waals surface area contributed by atoms with E-state index < -0.39 is 4.92 Å². The fourth-order valence-corrected chi connectivity index (χ4v) is 1.95. The minimum atomic E-state index is -0.402. The minimum absolute atomic E-state index is 0.0848. The lowest BCUT2D eigenvalue weighted by Gasteiger charge is -2.11. The van der Waals surface area contributed by atoms with Crippen LogP contribution >= 0.6 is 0 Å². The number of benzene rings is 2. The molecule has 104 valence electrons. The zero-order valence-electron chi connectivity index (χ0n) is 11.1. The Hall–Kier alpha value is -2.40. The zero-order valence-corrected chi connectivity index (χ0v) is 11.1. The highest BCUT2D eigenvalue weighted by atomic mass is 16.6. The van der Waals surface area contributed by atoms with Gasteiger partial charge in [-0.05, 0) is 18.6 Å². The van der Waals surface area contributed by atoms with E-state index in [2.05, 4.69) is 0 Å². The number of nitro benzene ring substituents is 1. The Bertz CT molecular complexity index is 625. The average Bonchev–Trinajstić information content (AvgIpc) is 2.46. The van der Waals surface area contributed by atoms with Crippen LogP contribution in [0.2, 0.25) is 0 Å². The van der Waals surface area contributed by atoms with E-state index in [0.29, 0.717) is 16.9 Å². The van der Waals surface area contributed by atoms with Crippen molar-refractivity contribution >= 4 is 5.69 Å². The molecular weight excluding hydrogens is 258 g/mol. The van der Waals surface area contributed by atoms with E-state index in [4.69, 9.17) is 4.74 Å². The third kappa shape index (κ3) is 2.95. The highest BCUT2D eigenvalue weighted by molar-refractivity contribution is 5.44. The number of rotatable bonds is 5. The maximum Gasteiger partial charge on any atom is 0.272 e. The molecule has 5 heteroatoms. The summed E-state index contributed by atoms with van der Waals surface area (Å²) < 4.78 is 5.65. The second-order valence-corrected chi connectivity index (χ2v) is 4.37. The van der Waals surface area contributed by atoms with Gasteiger partial charge in [0, 0.05) is 17.2 Å². The number of aliphatic hydroxyl groups excluding tert-OH is 1. The molecule has 1 N–H and O–H groups in total. The lowest BCUT2D eigenvalue weighted by atomic mass is 10.1. The minimum Gasteiger partial charge on any atom is -0.489 e. The predicted molar refractivity (Wildman–Crippen MR) is 74.5 cm³/mol. The van der Waals surface area contributed by atoms with E-state index in [1.807, 2.05) is 12.1 Å². The summed E-state index contributed by atoms with van der Waals surface area (Å²) >= 11 is 0. The molecule has 0 saturated heterocycles. The largest absolute Gasteiger partial charge is 0.489 e. The number of nitrogens with zero attached hydrogens (tertiary/aromatic N) is 1. The van der Waals surface area contributed by atoms with Crippen molar-refractivity contribution in [2.75, 3.05) is 0 Å². The van der Waals surface area contributed by atoms with E-state index in [-0.39, 0.29) is 18.9 Å². The second kappa shape index (κ2) is 6.16. The Morgan fingerprint density at radius 1 is 1.15 bits per heavy atom. The molecule has 5 nitrogen and oxygen atoms in total. The van der Waals surface area contributed by atoms with Crippen molar-refractivity contribution in [2.45, 2.75) is 20.1 Å². The van der Waals surface area contributed by atoms with Gasteiger partial charge in [-0.3, -0.25) is 10.1 Å². The molecular formula is C15H15NO4. The van der Waals surface area contributed by atoms with Gasteiger partial charge in [-0.15, -0.1) is 0 Å². The van der Waals surface area contributed by atoms with Gasteiger partial charge in [0.2, 0.25) is 0 Å². The summed E-state index contributed by atoms with van der Waals surface area (Å²) in [5.74, 6) is 0.584. The van der Waals surface area contributed by atoms with Gasteiger partial charge in [0.1, 0.15) is 12.4 Å². The first-order valence-corrected chi connectivity index (χ1v) is 6.18. The predicted octanol–water partition coefficient (Wildman–Crippen LogP) is 2.97. The summed E-state index contributed by atoms with van der Waals surface area (Å²) in [6.07, 6.45) is 0. The third-order valence-corrected chi connectivity index (χ3v) is 3.14. The first kappa shape index (κ1) is 14.0. The second-order valence-electron chi connectivity index (χ2n) is 4.37. The third-order valence-electron chi connectivity index (χ3n) is 3.14. The van der Waals surface area contributed by atoms with Gasteiger partial charge in [-0.25, -0.2) is 0 Å². The van der Waals surface area contributed by atoms with Crippen LogP contribution in [0.3, 0.4) is 0 Å². The van der Waals surface area contributed by atoms with Crippen LogP contribution in [0.1, 0.15) is 16.7 Å². The Labute approximate surface area is 116 Å². The van der Waals surface area contributed by atoms with Crippen molar-refractivity contribution in [3.8, 4) is 5.75 Å². The topological polar surface area (TPSA) is 72.6 Å². The van der Waals surface area contributed by atoms with E-state index in [1.165, 1.54) is 6.07 Å². The molecule has 0 spiro atoms. The first-order valence-electron chi connectivity index (χ1n) is 6.18. The molecule has 0 aliphatic carbocycles. The van der Waals surface area contributed by atoms with Gasteiger partial charge in [-0.1, -0.05) is 30.3 Å². The highest BCUT2D eigenvalue weighted by Gasteiger charge is 2.13. The molecule has 0 aliphatic heterocycles. The van der Waals surface area contributed by atoms with Crippen LogP contribution < -0.4 is 4.74 Å². The summed E-state index contributed by atoms with van der Waals surface area (Å²) in [4.78, 5) is 10.5. The van der Waals surface area contributed by atoms with Crippen LogP contribution in [0.5, 0.6) is 5.75 Å². The molecule has 0 radical (unpaired) electrons. The van der Waals surface area contributed by atoms with Crippen LogP contribution in [0.25, 0.3) is 0 Å². The molecule has 0 heterocycles. The normalized spacial score (nSPS) is 10.3. The van der Waals surface area contributed by atoms with Crippen LogP contribution in [0.4, 0.5) is 5.69 Å². The number of hydrogen-bond donors (Lipinski definition) is 1. The fourth-order valence-electron chi connectivity index (χ4n) is 1.95. The maximum atomic E-state index is 10.9. The summed E-state index contributed by atoms with van der Waals surface area (Å²) in [7, 11) is 0. The number of ether oxygens (including phenoxy) is 1. The highest BCUT2D eigenvalue weighted by Crippen LogP contribution is 2.24. The standard InChI is InChI=1S/C15H15NO4/c1-11-13(6-4-7-14(11)16(18)19)10-20-15-8-3-2-5-12(15)9-17/h2-8,17H,9-10H2,1H3. The van der Waals surface area contributed by atoms with Crippen molar-refractivity contribution < 1.29 is 14.8 Å². The molecule has 0 amide bonds. The Kier molecular flexibility index (Phi) is 4.32. The van der Waals surface area contributed by atoms with Crippen molar-refractivity contribution in [1.82, 2.24) is 0 Å². The zero-order chi connectivity index (χ0) is 14.5. The summed E-state index contributed by atoms with van der Waals surface area (Å²) in [5, 5.41) is 20.1. The monoisotopic (exact) mass is 273 g/mol. The van der Waals surface area contributed by atoms with Crippen molar-refractivity contribution in [2.24, 2.45) is 0 Å². The lowest BCUT2D eigenvalue weighted by Crippen LogP contribution is -2.02. The molecule has 2 aromatic rings. The number of nitro groups is 1. The Morgan fingerprint density at radius 2 is 1.85 bits per heavy atom. The molecule has 0 unspecified atom stereocenters. The molecule has 0 aliphatic rings. The van der Waals surface area contributed by atoms with E-state index in [1.54, 1.807) is 31.2 Å². The van der Waals surface area contributed by atoms with Gasteiger partial charge < -0.3 is 9.84 Å². The fraction of sp³-hybridized carbons (Fsp3) is 0.200. The number of para-hydroxylation sites is 1. The van der Waals surface area contributed by atoms with Crippen LogP contribution in [-0.2, 0) is 13.2 Å². The van der Waals surface area contributed by atoms with Gasteiger partial charge >= 0.3 is 0 Å². The molecule has 2 aromatic carbocycles.